The van der Waals surface area contributed by atoms with E-state index in [9.17, 15) is 22.8 Å². The molecule has 3 N–H and O–H groups in total. The highest BCUT2D eigenvalue weighted by molar-refractivity contribution is 5.94. The summed E-state index contributed by atoms with van der Waals surface area (Å²) in [5.74, 6) is 0.204. The van der Waals surface area contributed by atoms with Crippen LogP contribution < -0.4 is 25.2 Å². The number of para-hydroxylation sites is 2. The molecule has 0 aromatic heterocycles. The van der Waals surface area contributed by atoms with E-state index in [4.69, 9.17) is 4.74 Å². The number of nitrogens with one attached hydrogen (secondary N) is 3. The number of hydrogen-bond donors (Lipinski definition) is 3. The van der Waals surface area contributed by atoms with Gasteiger partial charge in [-0.25, -0.2) is 4.79 Å². The van der Waals surface area contributed by atoms with E-state index in [0.717, 1.165) is 16.3 Å². The van der Waals surface area contributed by atoms with Crippen LogP contribution in [0.3, 0.4) is 0 Å². The fraction of sp³-hybridized carbons (Fsp3) is 0.529. The molecule has 27 heavy (non-hydrogen) atoms. The Labute approximate surface area is 155 Å². The van der Waals surface area contributed by atoms with Gasteiger partial charge >= 0.3 is 12.2 Å². The predicted molar refractivity (Wildman–Crippen MR) is 93.0 cm³/mol. The third kappa shape index (κ3) is 6.97. The average Bonchev–Trinajstić information content (AvgIpc) is 2.61. The number of quaternary nitrogens is 1. The smallest absolute Gasteiger partial charge is 0.405 e. The van der Waals surface area contributed by atoms with Crippen LogP contribution >= 0.6 is 0 Å². The van der Waals surface area contributed by atoms with Gasteiger partial charge in [0, 0.05) is 0 Å². The van der Waals surface area contributed by atoms with E-state index >= 15 is 0 Å². The molecule has 1 aliphatic rings. The minimum Gasteiger partial charge on any atom is -0.492 e. The summed E-state index contributed by atoms with van der Waals surface area (Å²) in [6.07, 6.45) is -4.51. The number of urea groups is 1. The summed E-state index contributed by atoms with van der Waals surface area (Å²) in [4.78, 5) is 26.3. The van der Waals surface area contributed by atoms with Crippen molar-refractivity contribution in [1.82, 2.24) is 10.6 Å². The van der Waals surface area contributed by atoms with Gasteiger partial charge in [0.1, 0.15) is 12.3 Å². The summed E-state index contributed by atoms with van der Waals surface area (Å²) in [5.41, 5.74) is 0.995. The van der Waals surface area contributed by atoms with Crippen LogP contribution in [0.5, 0.6) is 5.75 Å². The topological polar surface area (TPSA) is 75.1 Å². The quantitative estimate of drug-likeness (QED) is 0.649. The highest BCUT2D eigenvalue weighted by atomic mass is 19.4. The molecule has 0 atom stereocenters. The fourth-order valence-corrected chi connectivity index (χ4v) is 2.86. The lowest BCUT2D eigenvalue weighted by atomic mass is 10.2. The van der Waals surface area contributed by atoms with E-state index in [1.165, 1.54) is 0 Å². The van der Waals surface area contributed by atoms with Crippen LogP contribution in [0.1, 0.15) is 6.92 Å². The maximum Gasteiger partial charge on any atom is 0.405 e. The molecule has 0 aliphatic carbocycles. The second kappa shape index (κ2) is 9.45. The van der Waals surface area contributed by atoms with Crippen LogP contribution in [-0.2, 0) is 4.79 Å². The van der Waals surface area contributed by atoms with Crippen molar-refractivity contribution in [3.63, 3.8) is 0 Å². The zero-order chi connectivity index (χ0) is 19.9. The van der Waals surface area contributed by atoms with Gasteiger partial charge < -0.3 is 19.9 Å². The third-order valence-electron chi connectivity index (χ3n) is 4.09. The van der Waals surface area contributed by atoms with E-state index in [-0.39, 0.29) is 6.54 Å². The molecule has 0 unspecified atom stereocenters. The Morgan fingerprint density at radius 2 is 1.89 bits per heavy atom. The predicted octanol–water partition coefficient (Wildman–Crippen LogP) is 0.178. The van der Waals surface area contributed by atoms with Crippen LogP contribution in [0.25, 0.3) is 0 Å². The standard InChI is InChI=1S/C17H23F3N4O3/c1-2-27-14-6-4-3-5-13(14)24-9-7-23(8-10-24)11-15(25)22-16(26)21-12-17(18,19)20/h3-6H,2,7-12H2,1H3,(H2,21,22,25,26)/p+1. The Kier molecular flexibility index (Phi) is 7.28. The van der Waals surface area contributed by atoms with Gasteiger partial charge in [0.25, 0.3) is 5.91 Å². The summed E-state index contributed by atoms with van der Waals surface area (Å²) in [5, 5.41) is 3.54. The Morgan fingerprint density at radius 1 is 1.22 bits per heavy atom. The third-order valence-corrected chi connectivity index (χ3v) is 4.09. The Morgan fingerprint density at radius 3 is 2.52 bits per heavy atom. The molecule has 0 radical (unpaired) electrons. The number of carbonyl (C=O) groups is 2. The van der Waals surface area contributed by atoms with Crippen LogP contribution in [0, 0.1) is 0 Å². The minimum atomic E-state index is -4.51. The molecule has 150 valence electrons. The number of halogens is 3. The average molecular weight is 389 g/mol. The number of imide groups is 1. The Balaban J connectivity index is 1.77. The normalized spacial score (nSPS) is 15.3. The molecule has 1 heterocycles. The summed E-state index contributed by atoms with van der Waals surface area (Å²) in [7, 11) is 0. The highest BCUT2D eigenvalue weighted by Gasteiger charge is 2.29. The summed E-state index contributed by atoms with van der Waals surface area (Å²) in [6, 6.07) is 6.59. The molecular formula is C17H24F3N4O3+. The number of nitrogens with zero attached hydrogens (tertiary/aromatic N) is 1. The van der Waals surface area contributed by atoms with Crippen molar-refractivity contribution in [1.29, 1.82) is 0 Å². The highest BCUT2D eigenvalue weighted by Crippen LogP contribution is 2.27. The molecule has 0 saturated carbocycles. The second-order valence-electron chi connectivity index (χ2n) is 6.16. The SMILES string of the molecule is CCOc1ccccc1N1CC[NH+](CC(=O)NC(=O)NCC(F)(F)F)CC1. The molecule has 1 aliphatic heterocycles. The molecule has 0 spiro atoms. The van der Waals surface area contributed by atoms with E-state index in [1.54, 1.807) is 5.32 Å². The summed E-state index contributed by atoms with van der Waals surface area (Å²) >= 11 is 0. The number of alkyl halides is 3. The van der Waals surface area contributed by atoms with Crippen LogP contribution in [0.15, 0.2) is 24.3 Å². The zero-order valence-electron chi connectivity index (χ0n) is 15.1. The number of benzene rings is 1. The first-order chi connectivity index (χ1) is 12.8. The number of hydrogen-bond acceptors (Lipinski definition) is 4. The van der Waals surface area contributed by atoms with Gasteiger partial charge in [-0.1, -0.05) is 12.1 Å². The van der Waals surface area contributed by atoms with Gasteiger partial charge in [-0.2, -0.15) is 13.2 Å². The van der Waals surface area contributed by atoms with Gasteiger partial charge in [-0.15, -0.1) is 0 Å². The molecule has 1 aromatic carbocycles. The number of rotatable bonds is 6. The van der Waals surface area contributed by atoms with Gasteiger partial charge in [-0.3, -0.25) is 10.1 Å². The van der Waals surface area contributed by atoms with Crippen molar-refractivity contribution in [2.75, 3.05) is 50.8 Å². The lowest BCUT2D eigenvalue weighted by molar-refractivity contribution is -0.892. The van der Waals surface area contributed by atoms with Crippen molar-refractivity contribution >= 4 is 17.6 Å². The molecule has 10 heteroatoms. The second-order valence-corrected chi connectivity index (χ2v) is 6.16. The van der Waals surface area contributed by atoms with Crippen molar-refractivity contribution in [2.24, 2.45) is 0 Å². The van der Waals surface area contributed by atoms with Crippen LogP contribution in [0.4, 0.5) is 23.7 Å². The zero-order valence-corrected chi connectivity index (χ0v) is 15.1. The molecule has 1 saturated heterocycles. The van der Waals surface area contributed by atoms with E-state index in [1.807, 2.05) is 36.5 Å². The monoisotopic (exact) mass is 389 g/mol. The first kappa shape index (κ1) is 20.8. The number of piperazine rings is 1. The molecule has 7 nitrogen and oxygen atoms in total. The molecule has 0 bridgehead atoms. The molecule has 2 rings (SSSR count). The van der Waals surface area contributed by atoms with E-state index < -0.39 is 24.7 Å². The lowest BCUT2D eigenvalue weighted by Crippen LogP contribution is -3.16. The van der Waals surface area contributed by atoms with Crippen molar-refractivity contribution < 1.29 is 32.4 Å². The molecule has 1 aromatic rings. The molecule has 1 fully saturated rings. The summed E-state index contributed by atoms with van der Waals surface area (Å²) in [6.45, 7) is 3.77. The number of ether oxygens (including phenoxy) is 1. The van der Waals surface area contributed by atoms with Crippen LogP contribution in [0.2, 0.25) is 0 Å². The summed E-state index contributed by atoms with van der Waals surface area (Å²) < 4.78 is 41.7. The van der Waals surface area contributed by atoms with Gasteiger partial charge in [-0.05, 0) is 19.1 Å². The van der Waals surface area contributed by atoms with Gasteiger partial charge in [0.15, 0.2) is 6.54 Å². The van der Waals surface area contributed by atoms with Crippen LogP contribution in [-0.4, -0.2) is 64.0 Å². The fourth-order valence-electron chi connectivity index (χ4n) is 2.86. The Bertz CT molecular complexity index is 647. The number of carbonyl (C=O) groups excluding carboxylic acids is 2. The number of amides is 3. The Hall–Kier alpha value is -2.49. The van der Waals surface area contributed by atoms with Gasteiger partial charge in [0.2, 0.25) is 0 Å². The maximum atomic E-state index is 12.0. The first-order valence-corrected chi connectivity index (χ1v) is 8.73. The largest absolute Gasteiger partial charge is 0.492 e. The van der Waals surface area contributed by atoms with Crippen molar-refractivity contribution in [3.8, 4) is 5.75 Å². The first-order valence-electron chi connectivity index (χ1n) is 8.73. The lowest BCUT2D eigenvalue weighted by Gasteiger charge is -2.34. The van der Waals surface area contributed by atoms with Crippen molar-refractivity contribution in [3.05, 3.63) is 24.3 Å². The minimum absolute atomic E-state index is 0.0282. The molecule has 3 amide bonds. The maximum absolute atomic E-state index is 12.0. The molecular weight excluding hydrogens is 365 g/mol. The van der Waals surface area contributed by atoms with Gasteiger partial charge in [0.05, 0.1) is 38.5 Å². The van der Waals surface area contributed by atoms with E-state index in [2.05, 4.69) is 4.90 Å². The number of anilines is 1. The van der Waals surface area contributed by atoms with E-state index in [0.29, 0.717) is 32.8 Å². The van der Waals surface area contributed by atoms with Crippen molar-refractivity contribution in [2.45, 2.75) is 13.1 Å².